The Kier molecular flexibility index (Phi) is 5.65. The number of benzene rings is 1. The molecule has 0 amide bonds. The summed E-state index contributed by atoms with van der Waals surface area (Å²) < 4.78 is 10.4. The van der Waals surface area contributed by atoms with Gasteiger partial charge in [-0.2, -0.15) is 4.98 Å². The molecule has 1 aliphatic rings. The van der Waals surface area contributed by atoms with Crippen LogP contribution >= 0.6 is 0 Å². The Balaban J connectivity index is 1.86. The maximum absolute atomic E-state index is 13.2. The molecule has 2 aromatic heterocycles. The van der Waals surface area contributed by atoms with E-state index < -0.39 is 0 Å². The topological polar surface area (TPSA) is 74.3 Å². The Morgan fingerprint density at radius 2 is 1.83 bits per heavy atom. The Morgan fingerprint density at radius 3 is 2.57 bits per heavy atom. The minimum absolute atomic E-state index is 0.230. The van der Waals surface area contributed by atoms with E-state index >= 15 is 0 Å². The van der Waals surface area contributed by atoms with Gasteiger partial charge >= 0.3 is 5.69 Å². The summed E-state index contributed by atoms with van der Waals surface area (Å²) in [4.78, 5) is 33.2. The highest BCUT2D eigenvalue weighted by Gasteiger charge is 2.26. The Bertz CT molecular complexity index is 1170. The van der Waals surface area contributed by atoms with Crippen molar-refractivity contribution in [1.82, 2.24) is 18.7 Å². The molecule has 0 bridgehead atoms. The van der Waals surface area contributed by atoms with E-state index in [1.165, 1.54) is 4.57 Å². The van der Waals surface area contributed by atoms with Crippen molar-refractivity contribution >= 4 is 17.1 Å². The van der Waals surface area contributed by atoms with Crippen LogP contribution in [0.2, 0.25) is 0 Å². The standard InChI is InChI=1S/C22H29N5O3/c1-4-10-26-19-18(20(28)27(11-5-2)22(26)29)25-13-7-12-24(21(25)23-19)15-16-8-6-9-17(14-16)30-3/h6,8-9,14H,4-5,7,10-13,15H2,1-3H3. The molecule has 160 valence electrons. The first-order chi connectivity index (χ1) is 14.6. The van der Waals surface area contributed by atoms with Crippen LogP contribution in [0, 0.1) is 0 Å². The fourth-order valence-corrected chi connectivity index (χ4v) is 4.24. The van der Waals surface area contributed by atoms with Gasteiger partial charge in [0.05, 0.1) is 7.11 Å². The van der Waals surface area contributed by atoms with Crippen molar-refractivity contribution < 1.29 is 4.74 Å². The van der Waals surface area contributed by atoms with E-state index in [2.05, 4.69) is 11.0 Å². The van der Waals surface area contributed by atoms with Gasteiger partial charge in [0.2, 0.25) is 5.95 Å². The molecule has 8 nitrogen and oxygen atoms in total. The van der Waals surface area contributed by atoms with Crippen molar-refractivity contribution in [3.8, 4) is 5.75 Å². The largest absolute Gasteiger partial charge is 0.497 e. The van der Waals surface area contributed by atoms with E-state index in [1.54, 1.807) is 11.7 Å². The summed E-state index contributed by atoms with van der Waals surface area (Å²) in [7, 11) is 1.66. The number of rotatable bonds is 7. The molecule has 0 N–H and O–H groups in total. The van der Waals surface area contributed by atoms with Gasteiger partial charge in [-0.1, -0.05) is 26.0 Å². The van der Waals surface area contributed by atoms with Gasteiger partial charge in [-0.15, -0.1) is 0 Å². The molecule has 0 unspecified atom stereocenters. The molecule has 3 heterocycles. The smallest absolute Gasteiger partial charge is 0.332 e. The maximum atomic E-state index is 13.2. The highest BCUT2D eigenvalue weighted by molar-refractivity contribution is 5.75. The van der Waals surface area contributed by atoms with Crippen LogP contribution in [0.25, 0.3) is 11.2 Å². The maximum Gasteiger partial charge on any atom is 0.332 e. The predicted molar refractivity (Wildman–Crippen MR) is 117 cm³/mol. The molecule has 0 spiro atoms. The Labute approximate surface area is 175 Å². The summed E-state index contributed by atoms with van der Waals surface area (Å²) in [5.74, 6) is 1.58. The lowest BCUT2D eigenvalue weighted by Crippen LogP contribution is -2.41. The van der Waals surface area contributed by atoms with E-state index in [0.717, 1.165) is 49.6 Å². The minimum atomic E-state index is -0.258. The van der Waals surface area contributed by atoms with Crippen LogP contribution in [0.1, 0.15) is 38.7 Å². The lowest BCUT2D eigenvalue weighted by Gasteiger charge is -2.29. The summed E-state index contributed by atoms with van der Waals surface area (Å²) in [6.07, 6.45) is 2.45. The zero-order chi connectivity index (χ0) is 21.3. The molecule has 30 heavy (non-hydrogen) atoms. The zero-order valence-corrected chi connectivity index (χ0v) is 17.9. The quantitative estimate of drug-likeness (QED) is 0.597. The third kappa shape index (κ3) is 3.40. The zero-order valence-electron chi connectivity index (χ0n) is 17.9. The monoisotopic (exact) mass is 411 g/mol. The molecule has 0 aliphatic carbocycles. The van der Waals surface area contributed by atoms with Crippen molar-refractivity contribution in [2.24, 2.45) is 0 Å². The van der Waals surface area contributed by atoms with Gasteiger partial charge in [0, 0.05) is 32.7 Å². The number of ether oxygens (including phenoxy) is 1. The van der Waals surface area contributed by atoms with Crippen LogP contribution in [0.3, 0.4) is 0 Å². The fourth-order valence-electron chi connectivity index (χ4n) is 4.24. The number of methoxy groups -OCH3 is 1. The second-order valence-electron chi connectivity index (χ2n) is 7.75. The van der Waals surface area contributed by atoms with E-state index in [-0.39, 0.29) is 11.2 Å². The Morgan fingerprint density at radius 1 is 1.07 bits per heavy atom. The number of hydrogen-bond acceptors (Lipinski definition) is 5. The third-order valence-corrected chi connectivity index (χ3v) is 5.59. The van der Waals surface area contributed by atoms with Crippen LogP contribution in [0.15, 0.2) is 33.9 Å². The highest BCUT2D eigenvalue weighted by atomic mass is 16.5. The first-order valence-corrected chi connectivity index (χ1v) is 10.7. The average Bonchev–Trinajstić information content (AvgIpc) is 3.15. The van der Waals surface area contributed by atoms with E-state index in [9.17, 15) is 9.59 Å². The lowest BCUT2D eigenvalue weighted by atomic mass is 10.2. The molecule has 0 radical (unpaired) electrons. The van der Waals surface area contributed by atoms with Crippen molar-refractivity contribution in [1.29, 1.82) is 0 Å². The number of aryl methyl sites for hydroxylation is 2. The van der Waals surface area contributed by atoms with Crippen molar-refractivity contribution in [2.45, 2.75) is 59.3 Å². The number of aromatic nitrogens is 4. The lowest BCUT2D eigenvalue weighted by molar-refractivity contribution is 0.414. The molecule has 3 aromatic rings. The van der Waals surface area contributed by atoms with Crippen LogP contribution in [-0.4, -0.2) is 32.3 Å². The summed E-state index contributed by atoms with van der Waals surface area (Å²) in [6.45, 7) is 7.22. The first-order valence-electron chi connectivity index (χ1n) is 10.7. The molecule has 4 rings (SSSR count). The third-order valence-electron chi connectivity index (χ3n) is 5.59. The highest BCUT2D eigenvalue weighted by Crippen LogP contribution is 2.26. The molecule has 0 atom stereocenters. The number of nitrogens with zero attached hydrogens (tertiary/aromatic N) is 5. The first kappa shape index (κ1) is 20.3. The molecule has 1 aromatic carbocycles. The number of hydrogen-bond donors (Lipinski definition) is 0. The Hall–Kier alpha value is -3.03. The summed E-state index contributed by atoms with van der Waals surface area (Å²) >= 11 is 0. The number of fused-ring (bicyclic) bond motifs is 3. The van der Waals surface area contributed by atoms with Crippen LogP contribution < -0.4 is 20.9 Å². The summed E-state index contributed by atoms with van der Waals surface area (Å²) in [5, 5.41) is 0. The van der Waals surface area contributed by atoms with Gasteiger partial charge in [-0.05, 0) is 37.0 Å². The second kappa shape index (κ2) is 8.38. The van der Waals surface area contributed by atoms with E-state index in [0.29, 0.717) is 30.8 Å². The van der Waals surface area contributed by atoms with Gasteiger partial charge in [-0.3, -0.25) is 13.9 Å². The van der Waals surface area contributed by atoms with E-state index in [1.807, 2.05) is 36.6 Å². The number of anilines is 1. The predicted octanol–water partition coefficient (Wildman–Crippen LogP) is 2.60. The molecule has 0 saturated heterocycles. The van der Waals surface area contributed by atoms with E-state index in [4.69, 9.17) is 9.72 Å². The average molecular weight is 412 g/mol. The van der Waals surface area contributed by atoms with Gasteiger partial charge in [0.25, 0.3) is 5.56 Å². The fraction of sp³-hybridized carbons (Fsp3) is 0.500. The summed E-state index contributed by atoms with van der Waals surface area (Å²) in [5.41, 5.74) is 1.68. The summed E-state index contributed by atoms with van der Waals surface area (Å²) in [6, 6.07) is 7.98. The molecule has 0 fully saturated rings. The molecular formula is C22H29N5O3. The van der Waals surface area contributed by atoms with Gasteiger partial charge < -0.3 is 14.2 Å². The molecule has 8 heteroatoms. The minimum Gasteiger partial charge on any atom is -0.497 e. The SMILES string of the molecule is CCCn1c(=O)c2c(nc3n2CCCN3Cc2cccc(OC)c2)n(CCC)c1=O. The molecular weight excluding hydrogens is 382 g/mol. The second-order valence-corrected chi connectivity index (χ2v) is 7.75. The van der Waals surface area contributed by atoms with Crippen molar-refractivity contribution in [2.75, 3.05) is 18.6 Å². The van der Waals surface area contributed by atoms with Gasteiger partial charge in [-0.25, -0.2) is 4.79 Å². The normalized spacial score (nSPS) is 13.6. The van der Waals surface area contributed by atoms with Crippen LogP contribution in [-0.2, 0) is 26.2 Å². The van der Waals surface area contributed by atoms with Crippen LogP contribution in [0.4, 0.5) is 5.95 Å². The number of imidazole rings is 1. The van der Waals surface area contributed by atoms with Crippen LogP contribution in [0.5, 0.6) is 5.75 Å². The van der Waals surface area contributed by atoms with Gasteiger partial charge in [0.1, 0.15) is 5.75 Å². The van der Waals surface area contributed by atoms with Gasteiger partial charge in [0.15, 0.2) is 11.2 Å². The van der Waals surface area contributed by atoms with Crippen molar-refractivity contribution in [3.05, 3.63) is 50.7 Å². The molecule has 1 aliphatic heterocycles. The van der Waals surface area contributed by atoms with Crippen molar-refractivity contribution in [3.63, 3.8) is 0 Å². The molecule has 0 saturated carbocycles.